The van der Waals surface area contributed by atoms with Crippen molar-refractivity contribution in [3.05, 3.63) is 23.9 Å². The highest BCUT2D eigenvalue weighted by atomic mass is 14.6. The van der Waals surface area contributed by atoms with Gasteiger partial charge < -0.3 is 5.73 Å². The van der Waals surface area contributed by atoms with Gasteiger partial charge in [0.2, 0.25) is 0 Å². The Hall–Kier alpha value is -0.720. The maximum absolute atomic E-state index is 5.44. The van der Waals surface area contributed by atoms with Crippen LogP contribution in [0.25, 0.3) is 0 Å². The number of allylic oxidation sites excluding steroid dienone is 2. The Labute approximate surface area is 43.5 Å². The molecule has 0 bridgehead atoms. The van der Waals surface area contributed by atoms with Gasteiger partial charge in [0, 0.05) is 5.70 Å². The highest BCUT2D eigenvalue weighted by Gasteiger charge is 2.02. The standard InChI is InChI=1S/C6H9N/c1-5-3-2-4-6(5)7/h4H,1-3,7H2. The second-order valence-corrected chi connectivity index (χ2v) is 1.80. The molecule has 1 nitrogen and oxygen atoms in total. The molecule has 0 heterocycles. The fourth-order valence-electron chi connectivity index (χ4n) is 0.691. The topological polar surface area (TPSA) is 26.0 Å². The summed E-state index contributed by atoms with van der Waals surface area (Å²) in [5.74, 6) is 0. The van der Waals surface area contributed by atoms with Crippen molar-refractivity contribution in [2.75, 3.05) is 0 Å². The van der Waals surface area contributed by atoms with Gasteiger partial charge in [-0.15, -0.1) is 0 Å². The van der Waals surface area contributed by atoms with E-state index in [1.807, 2.05) is 6.08 Å². The number of hydrogen-bond acceptors (Lipinski definition) is 1. The van der Waals surface area contributed by atoms with E-state index >= 15 is 0 Å². The van der Waals surface area contributed by atoms with Gasteiger partial charge >= 0.3 is 0 Å². The summed E-state index contributed by atoms with van der Waals surface area (Å²) in [5, 5.41) is 0. The Kier molecular flexibility index (Phi) is 0.895. The second kappa shape index (κ2) is 1.41. The van der Waals surface area contributed by atoms with Crippen LogP contribution in [0.3, 0.4) is 0 Å². The largest absolute Gasteiger partial charge is 0.399 e. The molecule has 0 atom stereocenters. The molecule has 0 aliphatic heterocycles. The monoisotopic (exact) mass is 95.1 g/mol. The zero-order valence-corrected chi connectivity index (χ0v) is 4.28. The van der Waals surface area contributed by atoms with Crippen molar-refractivity contribution in [2.24, 2.45) is 5.73 Å². The van der Waals surface area contributed by atoms with Crippen molar-refractivity contribution in [3.8, 4) is 0 Å². The zero-order valence-electron chi connectivity index (χ0n) is 4.28. The van der Waals surface area contributed by atoms with Crippen LogP contribution >= 0.6 is 0 Å². The lowest BCUT2D eigenvalue weighted by Crippen LogP contribution is -1.92. The minimum Gasteiger partial charge on any atom is -0.399 e. The molecular weight excluding hydrogens is 86.1 g/mol. The predicted molar refractivity (Wildman–Crippen MR) is 30.6 cm³/mol. The lowest BCUT2D eigenvalue weighted by atomic mass is 10.2. The first-order valence-corrected chi connectivity index (χ1v) is 2.44. The van der Waals surface area contributed by atoms with Crippen molar-refractivity contribution in [2.45, 2.75) is 12.8 Å². The van der Waals surface area contributed by atoms with Crippen LogP contribution in [0.2, 0.25) is 0 Å². The molecule has 0 saturated heterocycles. The van der Waals surface area contributed by atoms with Crippen molar-refractivity contribution in [1.29, 1.82) is 0 Å². The first kappa shape index (κ1) is 4.44. The summed E-state index contributed by atoms with van der Waals surface area (Å²) in [6.45, 7) is 3.74. The van der Waals surface area contributed by atoms with Crippen LogP contribution in [-0.2, 0) is 0 Å². The molecule has 0 aromatic rings. The highest BCUT2D eigenvalue weighted by molar-refractivity contribution is 5.29. The summed E-state index contributed by atoms with van der Waals surface area (Å²) in [6, 6.07) is 0. The third kappa shape index (κ3) is 0.660. The van der Waals surface area contributed by atoms with Crippen LogP contribution in [0.4, 0.5) is 0 Å². The minimum atomic E-state index is 0.889. The third-order valence-electron chi connectivity index (χ3n) is 1.22. The Morgan fingerprint density at radius 2 is 2.43 bits per heavy atom. The fourth-order valence-corrected chi connectivity index (χ4v) is 0.691. The van der Waals surface area contributed by atoms with Gasteiger partial charge in [0.15, 0.2) is 0 Å². The Morgan fingerprint density at radius 3 is 2.57 bits per heavy atom. The van der Waals surface area contributed by atoms with Gasteiger partial charge in [-0.3, -0.25) is 0 Å². The summed E-state index contributed by atoms with van der Waals surface area (Å²) in [7, 11) is 0. The first-order chi connectivity index (χ1) is 3.30. The molecule has 0 amide bonds. The maximum atomic E-state index is 5.44. The molecule has 0 unspecified atom stereocenters. The van der Waals surface area contributed by atoms with Gasteiger partial charge in [0.05, 0.1) is 0 Å². The summed E-state index contributed by atoms with van der Waals surface area (Å²) in [4.78, 5) is 0. The van der Waals surface area contributed by atoms with Gasteiger partial charge in [0.1, 0.15) is 0 Å². The van der Waals surface area contributed by atoms with Crippen molar-refractivity contribution >= 4 is 0 Å². The van der Waals surface area contributed by atoms with Crippen molar-refractivity contribution in [3.63, 3.8) is 0 Å². The Balaban J connectivity index is 2.72. The number of rotatable bonds is 0. The normalized spacial score (nSPS) is 20.0. The quantitative estimate of drug-likeness (QED) is 0.480. The summed E-state index contributed by atoms with van der Waals surface area (Å²) in [5.41, 5.74) is 7.43. The van der Waals surface area contributed by atoms with Crippen LogP contribution in [0, 0.1) is 0 Å². The van der Waals surface area contributed by atoms with Gasteiger partial charge in [-0.2, -0.15) is 0 Å². The first-order valence-electron chi connectivity index (χ1n) is 2.44. The molecular formula is C6H9N. The average Bonchev–Trinajstić information content (AvgIpc) is 1.91. The molecule has 7 heavy (non-hydrogen) atoms. The third-order valence-corrected chi connectivity index (χ3v) is 1.22. The molecule has 0 fully saturated rings. The fraction of sp³-hybridized carbons (Fsp3) is 0.333. The molecule has 0 spiro atoms. The van der Waals surface area contributed by atoms with E-state index in [0.717, 1.165) is 24.1 Å². The molecule has 0 radical (unpaired) electrons. The maximum Gasteiger partial charge on any atom is 0.0300 e. The van der Waals surface area contributed by atoms with Gasteiger partial charge in [-0.1, -0.05) is 12.7 Å². The van der Waals surface area contributed by atoms with E-state index in [1.54, 1.807) is 0 Å². The molecule has 0 aromatic carbocycles. The SMILES string of the molecule is C=C1CCC=C1N. The van der Waals surface area contributed by atoms with E-state index in [1.165, 1.54) is 0 Å². The van der Waals surface area contributed by atoms with Crippen LogP contribution < -0.4 is 5.73 Å². The summed E-state index contributed by atoms with van der Waals surface area (Å²) in [6.07, 6.45) is 4.17. The lowest BCUT2D eigenvalue weighted by Gasteiger charge is -1.89. The van der Waals surface area contributed by atoms with Crippen molar-refractivity contribution < 1.29 is 0 Å². The van der Waals surface area contributed by atoms with E-state index in [4.69, 9.17) is 5.73 Å². The molecule has 0 aromatic heterocycles. The lowest BCUT2D eigenvalue weighted by molar-refractivity contribution is 1.06. The van der Waals surface area contributed by atoms with Crippen LogP contribution in [-0.4, -0.2) is 0 Å². The van der Waals surface area contributed by atoms with Gasteiger partial charge in [-0.05, 0) is 18.4 Å². The number of hydrogen-bond donors (Lipinski definition) is 1. The Morgan fingerprint density at radius 1 is 1.71 bits per heavy atom. The highest BCUT2D eigenvalue weighted by Crippen LogP contribution is 2.17. The van der Waals surface area contributed by atoms with E-state index in [-0.39, 0.29) is 0 Å². The second-order valence-electron chi connectivity index (χ2n) is 1.80. The molecule has 2 N–H and O–H groups in total. The molecule has 1 aliphatic carbocycles. The van der Waals surface area contributed by atoms with Crippen molar-refractivity contribution in [1.82, 2.24) is 0 Å². The van der Waals surface area contributed by atoms with Crippen LogP contribution in [0.15, 0.2) is 23.9 Å². The Bertz CT molecular complexity index is 122. The van der Waals surface area contributed by atoms with E-state index in [9.17, 15) is 0 Å². The van der Waals surface area contributed by atoms with E-state index < -0.39 is 0 Å². The number of nitrogens with two attached hydrogens (primary N) is 1. The smallest absolute Gasteiger partial charge is 0.0300 e. The van der Waals surface area contributed by atoms with E-state index in [2.05, 4.69) is 6.58 Å². The summed E-state index contributed by atoms with van der Waals surface area (Å²) >= 11 is 0. The molecule has 0 saturated carbocycles. The molecule has 1 rings (SSSR count). The molecule has 38 valence electrons. The zero-order chi connectivity index (χ0) is 5.28. The van der Waals surface area contributed by atoms with E-state index in [0.29, 0.717) is 0 Å². The average molecular weight is 95.1 g/mol. The predicted octanol–water partition coefficient (Wildman–Crippen LogP) is 1.18. The molecule has 1 heteroatoms. The summed E-state index contributed by atoms with van der Waals surface area (Å²) < 4.78 is 0. The van der Waals surface area contributed by atoms with Gasteiger partial charge in [-0.25, -0.2) is 0 Å². The van der Waals surface area contributed by atoms with Crippen LogP contribution in [0.5, 0.6) is 0 Å². The minimum absolute atomic E-state index is 0.889. The van der Waals surface area contributed by atoms with Crippen LogP contribution in [0.1, 0.15) is 12.8 Å². The molecule has 1 aliphatic rings. The van der Waals surface area contributed by atoms with Gasteiger partial charge in [0.25, 0.3) is 0 Å².